The molecule has 0 aliphatic carbocycles. The van der Waals surface area contributed by atoms with Crippen LogP contribution in [0.2, 0.25) is 0 Å². The molecule has 10 heteroatoms. The van der Waals surface area contributed by atoms with E-state index in [1.165, 1.54) is 0 Å². The van der Waals surface area contributed by atoms with Crippen molar-refractivity contribution in [2.24, 2.45) is 4.99 Å². The van der Waals surface area contributed by atoms with Crippen molar-refractivity contribution in [2.45, 2.75) is 11.8 Å². The van der Waals surface area contributed by atoms with Crippen LogP contribution in [-0.2, 0) is 19.4 Å². The van der Waals surface area contributed by atoms with Crippen LogP contribution in [-0.4, -0.2) is 61.8 Å². The van der Waals surface area contributed by atoms with Crippen LogP contribution in [0.3, 0.4) is 0 Å². The average Bonchev–Trinajstić information content (AvgIpc) is 3.12. The number of sulfone groups is 1. The van der Waals surface area contributed by atoms with Crippen molar-refractivity contribution in [1.82, 2.24) is 5.32 Å². The van der Waals surface area contributed by atoms with Crippen LogP contribution in [0.1, 0.15) is 6.92 Å². The van der Waals surface area contributed by atoms with Crippen molar-refractivity contribution in [2.75, 3.05) is 30.7 Å². The predicted molar refractivity (Wildman–Crippen MR) is 97.4 cm³/mol. The van der Waals surface area contributed by atoms with Gasteiger partial charge in [-0.25, -0.2) is 18.0 Å². The first-order chi connectivity index (χ1) is 12.3. The largest absolute Gasteiger partial charge is 0.478 e. The highest BCUT2D eigenvalue weighted by molar-refractivity contribution is 7.91. The summed E-state index contributed by atoms with van der Waals surface area (Å²) in [7, 11) is -3.20. The van der Waals surface area contributed by atoms with Gasteiger partial charge in [0.15, 0.2) is 9.84 Å². The zero-order valence-corrected chi connectivity index (χ0v) is 15.0. The Morgan fingerprint density at radius 1 is 1.23 bits per heavy atom. The Labute approximate surface area is 151 Å². The summed E-state index contributed by atoms with van der Waals surface area (Å²) >= 11 is 0. The molecule has 0 bridgehead atoms. The third kappa shape index (κ3) is 7.34. The average molecular weight is 383 g/mol. The van der Waals surface area contributed by atoms with Crippen molar-refractivity contribution >= 4 is 33.3 Å². The Balaban J connectivity index is 0.000000359. The van der Waals surface area contributed by atoms with E-state index >= 15 is 0 Å². The van der Waals surface area contributed by atoms with Gasteiger partial charge in [-0.1, -0.05) is 19.1 Å². The highest BCUT2D eigenvalue weighted by Gasteiger charge is 2.16. The number of nitrogens with zero attached hydrogens (tertiary/aromatic N) is 1. The Morgan fingerprint density at radius 2 is 1.85 bits per heavy atom. The number of para-hydroxylation sites is 1. The fraction of sp³-hybridized carbons (Fsp3) is 0.312. The van der Waals surface area contributed by atoms with Crippen molar-refractivity contribution in [3.8, 4) is 0 Å². The van der Waals surface area contributed by atoms with Gasteiger partial charge < -0.3 is 20.8 Å². The standard InChI is InChI=1S/C12H17N3O2S.C4H4O4/c1-2-18(16,17)11-6-4-3-5-10(11)15-9-12-13-7-8-14-12;5-3(6)1-2-4(7)8/h3-6,15H,2,7-9H2,1H3,(H,13,14);1-2H,(H,5,6)(H,7,8). The van der Waals surface area contributed by atoms with Gasteiger partial charge in [-0.3, -0.25) is 4.99 Å². The predicted octanol–water partition coefficient (Wildman–Crippen LogP) is 0.606. The first-order valence-electron chi connectivity index (χ1n) is 7.73. The van der Waals surface area contributed by atoms with Crippen molar-refractivity contribution in [3.63, 3.8) is 0 Å². The van der Waals surface area contributed by atoms with Crippen LogP contribution in [0.25, 0.3) is 0 Å². The van der Waals surface area contributed by atoms with Gasteiger partial charge in [-0.2, -0.15) is 0 Å². The maximum atomic E-state index is 11.9. The van der Waals surface area contributed by atoms with Crippen LogP contribution in [0.5, 0.6) is 0 Å². The second kappa shape index (κ2) is 10.2. The molecule has 142 valence electrons. The van der Waals surface area contributed by atoms with Crippen LogP contribution in [0, 0.1) is 0 Å². The highest BCUT2D eigenvalue weighted by atomic mass is 32.2. The summed E-state index contributed by atoms with van der Waals surface area (Å²) in [5.41, 5.74) is 0.635. The monoisotopic (exact) mass is 383 g/mol. The van der Waals surface area contributed by atoms with E-state index in [0.717, 1.165) is 18.9 Å². The van der Waals surface area contributed by atoms with E-state index in [0.29, 0.717) is 29.3 Å². The molecule has 2 rings (SSSR count). The fourth-order valence-electron chi connectivity index (χ4n) is 1.93. The van der Waals surface area contributed by atoms with E-state index in [4.69, 9.17) is 10.2 Å². The summed E-state index contributed by atoms with van der Waals surface area (Å²) in [4.78, 5) is 23.7. The lowest BCUT2D eigenvalue weighted by atomic mass is 10.3. The summed E-state index contributed by atoms with van der Waals surface area (Å²) in [6, 6.07) is 6.96. The smallest absolute Gasteiger partial charge is 0.328 e. The summed E-state index contributed by atoms with van der Waals surface area (Å²) < 4.78 is 23.9. The highest BCUT2D eigenvalue weighted by Crippen LogP contribution is 2.21. The molecule has 0 unspecified atom stereocenters. The zero-order chi connectivity index (χ0) is 19.6. The fourth-order valence-corrected chi connectivity index (χ4v) is 3.00. The van der Waals surface area contributed by atoms with E-state index in [-0.39, 0.29) is 5.75 Å². The number of aliphatic carboxylic acids is 2. The molecular weight excluding hydrogens is 362 g/mol. The van der Waals surface area contributed by atoms with Crippen molar-refractivity contribution in [3.05, 3.63) is 36.4 Å². The molecule has 1 aromatic carbocycles. The molecule has 0 saturated carbocycles. The first-order valence-corrected chi connectivity index (χ1v) is 9.38. The summed E-state index contributed by atoms with van der Waals surface area (Å²) in [6.45, 7) is 3.81. The molecule has 0 atom stereocenters. The second-order valence-electron chi connectivity index (χ2n) is 5.02. The van der Waals surface area contributed by atoms with E-state index < -0.39 is 21.8 Å². The molecule has 0 fully saturated rings. The van der Waals surface area contributed by atoms with Gasteiger partial charge in [0.25, 0.3) is 0 Å². The number of benzene rings is 1. The van der Waals surface area contributed by atoms with Gasteiger partial charge in [-0.15, -0.1) is 0 Å². The van der Waals surface area contributed by atoms with E-state index in [2.05, 4.69) is 15.6 Å². The van der Waals surface area contributed by atoms with Crippen LogP contribution >= 0.6 is 0 Å². The topological polar surface area (TPSA) is 145 Å². The summed E-state index contributed by atoms with van der Waals surface area (Å²) in [5.74, 6) is -1.54. The lowest BCUT2D eigenvalue weighted by molar-refractivity contribution is -0.134. The number of carboxylic acid groups (broad SMARTS) is 2. The molecule has 4 N–H and O–H groups in total. The molecule has 26 heavy (non-hydrogen) atoms. The third-order valence-electron chi connectivity index (χ3n) is 3.16. The molecule has 0 amide bonds. The molecule has 0 aromatic heterocycles. The molecule has 9 nitrogen and oxygen atoms in total. The molecule has 0 saturated heterocycles. The van der Waals surface area contributed by atoms with E-state index in [1.807, 2.05) is 6.07 Å². The summed E-state index contributed by atoms with van der Waals surface area (Å²) in [6.07, 6.45) is 1.12. The second-order valence-corrected chi connectivity index (χ2v) is 7.26. The van der Waals surface area contributed by atoms with Gasteiger partial charge in [0, 0.05) is 18.7 Å². The maximum absolute atomic E-state index is 11.9. The molecule has 0 radical (unpaired) electrons. The maximum Gasteiger partial charge on any atom is 0.328 e. The number of carbonyl (C=O) groups is 2. The number of hydrogen-bond acceptors (Lipinski definition) is 7. The molecule has 1 heterocycles. The number of nitrogens with one attached hydrogen (secondary N) is 2. The first kappa shape index (κ1) is 21.2. The number of rotatable bonds is 7. The van der Waals surface area contributed by atoms with Gasteiger partial charge in [0.05, 0.1) is 29.4 Å². The Hall–Kier alpha value is -2.88. The van der Waals surface area contributed by atoms with Crippen molar-refractivity contribution in [1.29, 1.82) is 0 Å². The Kier molecular flexibility index (Phi) is 8.29. The molecule has 1 aromatic rings. The number of amidine groups is 1. The van der Waals surface area contributed by atoms with Gasteiger partial charge >= 0.3 is 11.9 Å². The number of aliphatic imine (C=N–C) groups is 1. The SMILES string of the molecule is CCS(=O)(=O)c1ccccc1NCC1=NCCN1.O=C(O)C=CC(=O)O. The van der Waals surface area contributed by atoms with E-state index in [1.54, 1.807) is 25.1 Å². The molecular formula is C16H21N3O6S. The lowest BCUT2D eigenvalue weighted by Crippen LogP contribution is -2.26. The zero-order valence-electron chi connectivity index (χ0n) is 14.2. The minimum absolute atomic E-state index is 0.102. The van der Waals surface area contributed by atoms with Gasteiger partial charge in [0.1, 0.15) is 5.84 Å². The Morgan fingerprint density at radius 3 is 2.35 bits per heavy atom. The number of hydrogen-bond donors (Lipinski definition) is 4. The number of carboxylic acids is 2. The van der Waals surface area contributed by atoms with Crippen molar-refractivity contribution < 1.29 is 28.2 Å². The van der Waals surface area contributed by atoms with Gasteiger partial charge in [0.2, 0.25) is 0 Å². The lowest BCUT2D eigenvalue weighted by Gasteiger charge is -2.11. The van der Waals surface area contributed by atoms with Crippen LogP contribution in [0.15, 0.2) is 46.3 Å². The molecule has 1 aliphatic rings. The number of anilines is 1. The third-order valence-corrected chi connectivity index (χ3v) is 4.95. The van der Waals surface area contributed by atoms with E-state index in [9.17, 15) is 18.0 Å². The minimum atomic E-state index is -3.20. The van der Waals surface area contributed by atoms with Crippen LogP contribution < -0.4 is 10.6 Å². The summed E-state index contributed by atoms with van der Waals surface area (Å²) in [5, 5.41) is 21.9. The Bertz CT molecular complexity index is 786. The van der Waals surface area contributed by atoms with Gasteiger partial charge in [-0.05, 0) is 12.1 Å². The molecule has 1 aliphatic heterocycles. The van der Waals surface area contributed by atoms with Crippen LogP contribution in [0.4, 0.5) is 5.69 Å². The quantitative estimate of drug-likeness (QED) is 0.501. The normalized spacial score (nSPS) is 13.3. The minimum Gasteiger partial charge on any atom is -0.478 e. The molecule has 0 spiro atoms.